The molecule has 1 amide bonds. The van der Waals surface area contributed by atoms with Gasteiger partial charge in [-0.25, -0.2) is 0 Å². The molecule has 0 aliphatic carbocycles. The maximum absolute atomic E-state index is 11.3. The number of amides is 1. The number of hydrogen-bond donors (Lipinski definition) is 1. The van der Waals surface area contributed by atoms with Crippen LogP contribution in [0, 0.1) is 0 Å². The first-order valence-corrected chi connectivity index (χ1v) is 3.99. The molecule has 3 heteroatoms. The number of nitrogens with one attached hydrogen (secondary N) is 1. The fourth-order valence-corrected chi connectivity index (χ4v) is 0.593. The van der Waals surface area contributed by atoms with E-state index in [0.717, 1.165) is 6.42 Å². The zero-order valence-electron chi connectivity index (χ0n) is 8.02. The van der Waals surface area contributed by atoms with Gasteiger partial charge in [0.1, 0.15) is 5.60 Å². The fraction of sp³-hybridized carbons (Fsp3) is 0.667. The van der Waals surface area contributed by atoms with Crippen molar-refractivity contribution in [1.82, 2.24) is 5.32 Å². The minimum absolute atomic E-state index is 0.0909. The van der Waals surface area contributed by atoms with Gasteiger partial charge in [-0.05, 0) is 20.3 Å². The van der Waals surface area contributed by atoms with E-state index in [-0.39, 0.29) is 5.91 Å². The highest BCUT2D eigenvalue weighted by Gasteiger charge is 2.25. The standard InChI is InChI=1S/C9H17NO2/c1-5-6-7-10-8(11)9(2,3)12-4/h5H,1,6-7H2,2-4H3,(H,10,11). The van der Waals surface area contributed by atoms with Crippen LogP contribution in [0.15, 0.2) is 12.7 Å². The highest BCUT2D eigenvalue weighted by molar-refractivity contribution is 5.84. The topological polar surface area (TPSA) is 38.3 Å². The lowest BCUT2D eigenvalue weighted by molar-refractivity contribution is -0.139. The van der Waals surface area contributed by atoms with E-state index in [0.29, 0.717) is 6.54 Å². The van der Waals surface area contributed by atoms with Crippen molar-refractivity contribution in [2.75, 3.05) is 13.7 Å². The fourth-order valence-electron chi connectivity index (χ4n) is 0.593. The lowest BCUT2D eigenvalue weighted by Gasteiger charge is -2.21. The van der Waals surface area contributed by atoms with Gasteiger partial charge in [-0.1, -0.05) is 6.08 Å². The summed E-state index contributed by atoms with van der Waals surface area (Å²) in [6, 6.07) is 0. The molecule has 0 saturated heterocycles. The summed E-state index contributed by atoms with van der Waals surface area (Å²) in [5.74, 6) is -0.0909. The van der Waals surface area contributed by atoms with Crippen molar-refractivity contribution in [3.05, 3.63) is 12.7 Å². The van der Waals surface area contributed by atoms with Crippen molar-refractivity contribution < 1.29 is 9.53 Å². The van der Waals surface area contributed by atoms with Gasteiger partial charge in [0.05, 0.1) is 0 Å². The second kappa shape index (κ2) is 4.93. The minimum Gasteiger partial charge on any atom is -0.369 e. The van der Waals surface area contributed by atoms with Gasteiger partial charge < -0.3 is 10.1 Å². The summed E-state index contributed by atoms with van der Waals surface area (Å²) in [4.78, 5) is 11.3. The molecule has 12 heavy (non-hydrogen) atoms. The molecule has 0 rings (SSSR count). The molecule has 3 nitrogen and oxygen atoms in total. The average Bonchev–Trinajstić information content (AvgIpc) is 2.05. The summed E-state index contributed by atoms with van der Waals surface area (Å²) in [5, 5.41) is 2.74. The van der Waals surface area contributed by atoms with E-state index < -0.39 is 5.60 Å². The Labute approximate surface area is 73.8 Å². The van der Waals surface area contributed by atoms with Crippen molar-refractivity contribution in [2.24, 2.45) is 0 Å². The van der Waals surface area contributed by atoms with E-state index >= 15 is 0 Å². The zero-order valence-corrected chi connectivity index (χ0v) is 8.02. The van der Waals surface area contributed by atoms with Crippen LogP contribution < -0.4 is 5.32 Å². The number of carbonyl (C=O) groups excluding carboxylic acids is 1. The number of methoxy groups -OCH3 is 1. The Balaban J connectivity index is 3.79. The highest BCUT2D eigenvalue weighted by Crippen LogP contribution is 2.06. The van der Waals surface area contributed by atoms with E-state index in [2.05, 4.69) is 11.9 Å². The molecule has 0 fully saturated rings. The van der Waals surface area contributed by atoms with Gasteiger partial charge in [0.2, 0.25) is 0 Å². The zero-order chi connectivity index (χ0) is 9.61. The number of ether oxygens (including phenoxy) is 1. The summed E-state index contributed by atoms with van der Waals surface area (Å²) in [6.07, 6.45) is 2.55. The summed E-state index contributed by atoms with van der Waals surface area (Å²) < 4.78 is 4.99. The second-order valence-corrected chi connectivity index (χ2v) is 3.05. The molecule has 0 saturated carbocycles. The Morgan fingerprint density at radius 3 is 2.67 bits per heavy atom. The van der Waals surface area contributed by atoms with Gasteiger partial charge >= 0.3 is 0 Å². The molecule has 0 heterocycles. The number of carbonyl (C=O) groups is 1. The quantitative estimate of drug-likeness (QED) is 0.497. The molecule has 0 aromatic rings. The normalized spacial score (nSPS) is 10.9. The first-order valence-electron chi connectivity index (χ1n) is 3.99. The van der Waals surface area contributed by atoms with Crippen molar-refractivity contribution in [3.63, 3.8) is 0 Å². The molecule has 0 bridgehead atoms. The summed E-state index contributed by atoms with van der Waals surface area (Å²) in [5.41, 5.74) is -0.735. The van der Waals surface area contributed by atoms with Crippen molar-refractivity contribution in [1.29, 1.82) is 0 Å². The lowest BCUT2D eigenvalue weighted by Crippen LogP contribution is -2.43. The molecule has 1 N–H and O–H groups in total. The Bertz CT molecular complexity index is 164. The van der Waals surface area contributed by atoms with Crippen LogP contribution in [0.5, 0.6) is 0 Å². The Morgan fingerprint density at radius 2 is 2.25 bits per heavy atom. The van der Waals surface area contributed by atoms with Crippen molar-refractivity contribution in [2.45, 2.75) is 25.9 Å². The van der Waals surface area contributed by atoms with Gasteiger partial charge in [0.25, 0.3) is 5.91 Å². The van der Waals surface area contributed by atoms with Crippen LogP contribution in [0.1, 0.15) is 20.3 Å². The maximum atomic E-state index is 11.3. The predicted molar refractivity (Wildman–Crippen MR) is 48.9 cm³/mol. The van der Waals surface area contributed by atoms with E-state index in [1.807, 2.05) is 0 Å². The average molecular weight is 171 g/mol. The Morgan fingerprint density at radius 1 is 1.67 bits per heavy atom. The third kappa shape index (κ3) is 3.53. The SMILES string of the molecule is C=CCCNC(=O)C(C)(C)OC. The molecule has 0 spiro atoms. The van der Waals surface area contributed by atoms with Crippen molar-refractivity contribution >= 4 is 5.91 Å². The van der Waals surface area contributed by atoms with Crippen LogP contribution in [0.3, 0.4) is 0 Å². The first kappa shape index (κ1) is 11.2. The Hall–Kier alpha value is -0.830. The summed E-state index contributed by atoms with van der Waals surface area (Å²) in [7, 11) is 1.52. The van der Waals surface area contributed by atoms with Gasteiger partial charge in [0, 0.05) is 13.7 Å². The second-order valence-electron chi connectivity index (χ2n) is 3.05. The third-order valence-electron chi connectivity index (χ3n) is 1.69. The van der Waals surface area contributed by atoms with Crippen LogP contribution in [0.25, 0.3) is 0 Å². The lowest BCUT2D eigenvalue weighted by atomic mass is 10.1. The van der Waals surface area contributed by atoms with Gasteiger partial charge in [-0.15, -0.1) is 6.58 Å². The third-order valence-corrected chi connectivity index (χ3v) is 1.69. The Kier molecular flexibility index (Phi) is 4.59. The molecule has 0 aromatic heterocycles. The number of hydrogen-bond acceptors (Lipinski definition) is 2. The summed E-state index contributed by atoms with van der Waals surface area (Å²) in [6.45, 7) is 7.64. The predicted octanol–water partition coefficient (Wildman–Crippen LogP) is 1.10. The van der Waals surface area contributed by atoms with Crippen LogP contribution in [0.4, 0.5) is 0 Å². The van der Waals surface area contributed by atoms with E-state index in [1.54, 1.807) is 19.9 Å². The molecule has 0 radical (unpaired) electrons. The van der Waals surface area contributed by atoms with E-state index in [1.165, 1.54) is 7.11 Å². The number of rotatable bonds is 5. The van der Waals surface area contributed by atoms with Gasteiger partial charge in [-0.3, -0.25) is 4.79 Å². The molecular formula is C9H17NO2. The molecule has 0 unspecified atom stereocenters. The maximum Gasteiger partial charge on any atom is 0.251 e. The van der Waals surface area contributed by atoms with Crippen LogP contribution in [0.2, 0.25) is 0 Å². The molecular weight excluding hydrogens is 154 g/mol. The van der Waals surface area contributed by atoms with Crippen LogP contribution in [-0.4, -0.2) is 25.2 Å². The molecule has 0 aromatic carbocycles. The summed E-state index contributed by atoms with van der Waals surface area (Å²) >= 11 is 0. The monoisotopic (exact) mass is 171 g/mol. The van der Waals surface area contributed by atoms with Crippen LogP contribution in [-0.2, 0) is 9.53 Å². The minimum atomic E-state index is -0.735. The van der Waals surface area contributed by atoms with Crippen LogP contribution >= 0.6 is 0 Å². The van der Waals surface area contributed by atoms with Crippen molar-refractivity contribution in [3.8, 4) is 0 Å². The van der Waals surface area contributed by atoms with E-state index in [4.69, 9.17) is 4.74 Å². The molecule has 0 aliphatic rings. The smallest absolute Gasteiger partial charge is 0.251 e. The first-order chi connectivity index (χ1) is 5.54. The highest BCUT2D eigenvalue weighted by atomic mass is 16.5. The molecule has 0 atom stereocenters. The largest absolute Gasteiger partial charge is 0.369 e. The van der Waals surface area contributed by atoms with Gasteiger partial charge in [0.15, 0.2) is 0 Å². The molecule has 70 valence electrons. The molecule has 0 aliphatic heterocycles. The van der Waals surface area contributed by atoms with E-state index in [9.17, 15) is 4.79 Å². The van der Waals surface area contributed by atoms with Gasteiger partial charge in [-0.2, -0.15) is 0 Å².